The zero-order valence-electron chi connectivity index (χ0n) is 6.44. The zero-order chi connectivity index (χ0) is 8.70. The van der Waals surface area contributed by atoms with Crippen LogP contribution in [0.1, 0.15) is 13.8 Å². The van der Waals surface area contributed by atoms with E-state index in [0.29, 0.717) is 5.88 Å². The van der Waals surface area contributed by atoms with Crippen molar-refractivity contribution in [2.45, 2.75) is 24.4 Å². The molecular formula is C5H12NO3PS. The lowest BCUT2D eigenvalue weighted by Gasteiger charge is -2.25. The topological polar surface area (TPSA) is 69.6 Å². The Morgan fingerprint density at radius 1 is 1.64 bits per heavy atom. The fraction of sp³-hybridized carbons (Fsp3) is 1.00. The van der Waals surface area contributed by atoms with Crippen LogP contribution in [0.15, 0.2) is 0 Å². The molecule has 0 aliphatic carbocycles. The second kappa shape index (κ2) is 2.75. The molecule has 11 heavy (non-hydrogen) atoms. The van der Waals surface area contributed by atoms with Crippen molar-refractivity contribution in [3.05, 3.63) is 0 Å². The summed E-state index contributed by atoms with van der Waals surface area (Å²) in [6.45, 7) is 3.67. The monoisotopic (exact) mass is 197 g/mol. The molecule has 0 bridgehead atoms. The van der Waals surface area contributed by atoms with Gasteiger partial charge < -0.3 is 9.79 Å². The molecule has 1 saturated heterocycles. The Hall–Kier alpha value is 0.460. The molecule has 0 saturated carbocycles. The normalized spacial score (nSPS) is 30.7. The fourth-order valence-electron chi connectivity index (χ4n) is 1.16. The smallest absolute Gasteiger partial charge is 0.323 e. The molecule has 1 aliphatic heterocycles. The third-order valence-electron chi connectivity index (χ3n) is 1.72. The number of thioether (sulfide) groups is 1. The predicted octanol–water partition coefficient (Wildman–Crippen LogP) is 0.563. The first-order chi connectivity index (χ1) is 4.84. The first kappa shape index (κ1) is 9.55. The van der Waals surface area contributed by atoms with Crippen LogP contribution in [0.2, 0.25) is 0 Å². The summed E-state index contributed by atoms with van der Waals surface area (Å²) in [6.07, 6.45) is 0. The molecule has 66 valence electrons. The van der Waals surface area contributed by atoms with Crippen LogP contribution in [0.25, 0.3) is 0 Å². The van der Waals surface area contributed by atoms with Gasteiger partial charge in [-0.05, 0) is 13.8 Å². The average Bonchev–Trinajstić information content (AvgIpc) is 2.06. The van der Waals surface area contributed by atoms with Gasteiger partial charge in [-0.25, -0.2) is 0 Å². The van der Waals surface area contributed by atoms with E-state index in [1.807, 2.05) is 13.8 Å². The Balaban J connectivity index is 2.81. The molecule has 1 unspecified atom stereocenters. The van der Waals surface area contributed by atoms with Crippen molar-refractivity contribution >= 4 is 19.4 Å². The molecule has 0 aromatic carbocycles. The zero-order valence-corrected chi connectivity index (χ0v) is 8.15. The third kappa shape index (κ3) is 1.98. The molecule has 0 aromatic heterocycles. The van der Waals surface area contributed by atoms with Crippen molar-refractivity contribution in [3.8, 4) is 0 Å². The largest absolute Gasteiger partial charge is 0.343 e. The minimum atomic E-state index is -3.97. The van der Waals surface area contributed by atoms with Crippen molar-refractivity contribution in [1.29, 1.82) is 0 Å². The van der Waals surface area contributed by atoms with E-state index in [0.717, 1.165) is 0 Å². The Morgan fingerprint density at radius 3 is 2.36 bits per heavy atom. The molecule has 3 N–H and O–H groups in total. The van der Waals surface area contributed by atoms with Gasteiger partial charge in [0.1, 0.15) is 5.78 Å². The van der Waals surface area contributed by atoms with Crippen LogP contribution in [-0.4, -0.2) is 26.2 Å². The van der Waals surface area contributed by atoms with E-state index < -0.39 is 13.4 Å². The molecular weight excluding hydrogens is 185 g/mol. The van der Waals surface area contributed by atoms with Crippen LogP contribution in [0.4, 0.5) is 0 Å². The molecule has 1 heterocycles. The second-order valence-electron chi connectivity index (χ2n) is 3.09. The first-order valence-corrected chi connectivity index (χ1v) is 5.93. The Kier molecular flexibility index (Phi) is 2.38. The van der Waals surface area contributed by atoms with Crippen molar-refractivity contribution < 1.29 is 14.4 Å². The first-order valence-electron chi connectivity index (χ1n) is 3.26. The SMILES string of the molecule is CC1(C)SCNC1P(=O)(O)O. The highest BCUT2D eigenvalue weighted by Crippen LogP contribution is 2.52. The summed E-state index contributed by atoms with van der Waals surface area (Å²) in [5.41, 5.74) is 0. The number of hydrogen-bond donors (Lipinski definition) is 3. The van der Waals surface area contributed by atoms with Crippen molar-refractivity contribution in [3.63, 3.8) is 0 Å². The Labute approximate surface area is 69.9 Å². The van der Waals surface area contributed by atoms with Crippen molar-refractivity contribution in [2.75, 3.05) is 5.88 Å². The molecule has 0 spiro atoms. The van der Waals surface area contributed by atoms with Gasteiger partial charge in [0, 0.05) is 10.6 Å². The van der Waals surface area contributed by atoms with Gasteiger partial charge in [0.25, 0.3) is 0 Å². The van der Waals surface area contributed by atoms with E-state index in [2.05, 4.69) is 5.32 Å². The number of nitrogens with one attached hydrogen (secondary N) is 1. The van der Waals surface area contributed by atoms with Crippen LogP contribution in [-0.2, 0) is 4.57 Å². The van der Waals surface area contributed by atoms with Gasteiger partial charge >= 0.3 is 7.60 Å². The van der Waals surface area contributed by atoms with E-state index in [1.165, 1.54) is 11.8 Å². The quantitative estimate of drug-likeness (QED) is 0.536. The second-order valence-corrected chi connectivity index (χ2v) is 6.41. The summed E-state index contributed by atoms with van der Waals surface area (Å²) in [4.78, 5) is 17.8. The highest BCUT2D eigenvalue weighted by Gasteiger charge is 2.45. The maximum absolute atomic E-state index is 10.9. The lowest BCUT2D eigenvalue weighted by molar-refractivity contribution is 0.341. The standard InChI is InChI=1S/C5H12NO3PS/c1-5(2)4(6-3-11-5)10(7,8)9/h4,6H,3H2,1-2H3,(H2,7,8,9). The van der Waals surface area contributed by atoms with Crippen LogP contribution < -0.4 is 5.32 Å². The molecule has 1 fully saturated rings. The molecule has 1 aliphatic rings. The van der Waals surface area contributed by atoms with Gasteiger partial charge in [0.05, 0.1) is 0 Å². The lowest BCUT2D eigenvalue weighted by atomic mass is 10.2. The van der Waals surface area contributed by atoms with Gasteiger partial charge in [-0.3, -0.25) is 9.88 Å². The van der Waals surface area contributed by atoms with E-state index in [9.17, 15) is 4.57 Å². The van der Waals surface area contributed by atoms with Gasteiger partial charge in [-0.1, -0.05) is 0 Å². The lowest BCUT2D eigenvalue weighted by Crippen LogP contribution is -2.36. The highest BCUT2D eigenvalue weighted by atomic mass is 32.2. The number of hydrogen-bond acceptors (Lipinski definition) is 3. The van der Waals surface area contributed by atoms with Gasteiger partial charge in [0.15, 0.2) is 0 Å². The Morgan fingerprint density at radius 2 is 2.18 bits per heavy atom. The van der Waals surface area contributed by atoms with Crippen LogP contribution in [0, 0.1) is 0 Å². The maximum Gasteiger partial charge on any atom is 0.343 e. The third-order valence-corrected chi connectivity index (χ3v) is 4.68. The summed E-state index contributed by atoms with van der Waals surface area (Å²) < 4.78 is 10.5. The highest BCUT2D eigenvalue weighted by molar-refractivity contribution is 8.01. The molecule has 1 atom stereocenters. The Bertz CT molecular complexity index is 202. The van der Waals surface area contributed by atoms with Crippen LogP contribution in [0.5, 0.6) is 0 Å². The summed E-state index contributed by atoms with van der Waals surface area (Å²) in [5.74, 6) is -0.0806. The van der Waals surface area contributed by atoms with E-state index in [1.54, 1.807) is 0 Å². The van der Waals surface area contributed by atoms with Crippen LogP contribution >= 0.6 is 19.4 Å². The van der Waals surface area contributed by atoms with E-state index >= 15 is 0 Å². The predicted molar refractivity (Wildman–Crippen MR) is 45.5 cm³/mol. The fourth-order valence-corrected chi connectivity index (χ4v) is 3.92. The molecule has 0 aromatic rings. The molecule has 6 heteroatoms. The van der Waals surface area contributed by atoms with E-state index in [-0.39, 0.29) is 4.75 Å². The van der Waals surface area contributed by atoms with Gasteiger partial charge in [-0.15, -0.1) is 11.8 Å². The summed E-state index contributed by atoms with van der Waals surface area (Å²) in [6, 6.07) is 0. The van der Waals surface area contributed by atoms with Crippen molar-refractivity contribution in [2.24, 2.45) is 0 Å². The van der Waals surface area contributed by atoms with Gasteiger partial charge in [-0.2, -0.15) is 0 Å². The van der Waals surface area contributed by atoms with Crippen molar-refractivity contribution in [1.82, 2.24) is 5.32 Å². The minimum absolute atomic E-state index is 0.362. The molecule has 4 nitrogen and oxygen atoms in total. The van der Waals surface area contributed by atoms with E-state index in [4.69, 9.17) is 9.79 Å². The molecule has 0 radical (unpaired) electrons. The van der Waals surface area contributed by atoms with Gasteiger partial charge in [0.2, 0.25) is 0 Å². The summed E-state index contributed by atoms with van der Waals surface area (Å²) >= 11 is 1.53. The molecule has 1 rings (SSSR count). The summed E-state index contributed by atoms with van der Waals surface area (Å²) in [7, 11) is -3.97. The maximum atomic E-state index is 10.9. The number of rotatable bonds is 1. The van der Waals surface area contributed by atoms with Crippen LogP contribution in [0.3, 0.4) is 0 Å². The average molecular weight is 197 g/mol. The minimum Gasteiger partial charge on any atom is -0.323 e. The summed E-state index contributed by atoms with van der Waals surface area (Å²) in [5, 5.41) is 2.79. The molecule has 0 amide bonds.